The van der Waals surface area contributed by atoms with E-state index in [0.29, 0.717) is 75.4 Å². The largest absolute Gasteiger partial charge is 0.342 e. The summed E-state index contributed by atoms with van der Waals surface area (Å²) < 4.78 is 32.0. The molecule has 0 bridgehead atoms. The quantitative estimate of drug-likeness (QED) is 0.214. The van der Waals surface area contributed by atoms with Gasteiger partial charge in [-0.15, -0.1) is 0 Å². The summed E-state index contributed by atoms with van der Waals surface area (Å²) in [6.07, 6.45) is 13.3. The number of benzene rings is 2. The smallest absolute Gasteiger partial charge is 0.272 e. The molecule has 392 valence electrons. The fourth-order valence-corrected chi connectivity index (χ4v) is 12.7. The Kier molecular flexibility index (Phi) is 15.4. The molecule has 73 heavy (non-hydrogen) atoms. The number of nitrogens with one attached hydrogen (secondary N) is 2. The van der Waals surface area contributed by atoms with Gasteiger partial charge >= 0.3 is 0 Å². The molecule has 2 aromatic carbocycles. The van der Waals surface area contributed by atoms with Crippen LogP contribution in [0.4, 0.5) is 8.78 Å². The molecule has 16 heteroatoms. The van der Waals surface area contributed by atoms with Crippen LogP contribution in [0.5, 0.6) is 0 Å². The lowest BCUT2D eigenvalue weighted by Crippen LogP contribution is -2.57. The highest BCUT2D eigenvalue weighted by Crippen LogP contribution is 2.43. The molecule has 3 aromatic rings. The van der Waals surface area contributed by atoms with Crippen LogP contribution in [-0.2, 0) is 25.6 Å². The molecule has 1 spiro atoms. The zero-order valence-corrected chi connectivity index (χ0v) is 43.3. The third-order valence-electron chi connectivity index (χ3n) is 17.3. The molecule has 2 unspecified atom stereocenters. The number of nitrogens with zero attached hydrogens (tertiary/aromatic N) is 6. The van der Waals surface area contributed by atoms with Crippen molar-refractivity contribution in [3.63, 3.8) is 0 Å². The van der Waals surface area contributed by atoms with Gasteiger partial charge in [0.1, 0.15) is 23.1 Å². The van der Waals surface area contributed by atoms with Crippen molar-refractivity contribution in [3.05, 3.63) is 99.0 Å². The average molecular weight is 1010 g/mol. The van der Waals surface area contributed by atoms with Crippen molar-refractivity contribution in [2.45, 2.75) is 123 Å². The topological polar surface area (TPSA) is 159 Å². The number of aromatic amines is 1. The van der Waals surface area contributed by atoms with Gasteiger partial charge in [-0.3, -0.25) is 33.7 Å². The lowest BCUT2D eigenvalue weighted by Gasteiger charge is -2.48. The van der Waals surface area contributed by atoms with Crippen LogP contribution in [0.25, 0.3) is 10.8 Å². The fraction of sp³-hybridized carbons (Fsp3) is 0.596. The van der Waals surface area contributed by atoms with Gasteiger partial charge in [-0.05, 0) is 113 Å². The van der Waals surface area contributed by atoms with Crippen molar-refractivity contribution < 1.29 is 32.8 Å². The van der Waals surface area contributed by atoms with Gasteiger partial charge in [-0.2, -0.15) is 5.10 Å². The Morgan fingerprint density at radius 2 is 1.44 bits per heavy atom. The number of amides is 5. The molecule has 4 aliphatic heterocycles. The number of halogens is 2. The molecular formula is C57H74F2N8O6. The van der Waals surface area contributed by atoms with E-state index >= 15 is 8.78 Å². The second-order valence-electron chi connectivity index (χ2n) is 23.2. The number of hydrogen-bond acceptors (Lipinski definition) is 8. The Labute approximate surface area is 428 Å². The van der Waals surface area contributed by atoms with Crippen molar-refractivity contribution in [1.29, 1.82) is 0 Å². The number of carbonyl (C=O) groups is 5. The Balaban J connectivity index is 0.745. The minimum atomic E-state index is -1.39. The van der Waals surface area contributed by atoms with Crippen molar-refractivity contribution in [2.24, 2.45) is 22.2 Å². The minimum Gasteiger partial charge on any atom is -0.342 e. The maximum Gasteiger partial charge on any atom is 0.272 e. The van der Waals surface area contributed by atoms with Gasteiger partial charge in [0.25, 0.3) is 11.5 Å². The van der Waals surface area contributed by atoms with E-state index in [1.807, 2.05) is 42.7 Å². The van der Waals surface area contributed by atoms with E-state index < -0.39 is 34.4 Å². The first kappa shape index (κ1) is 52.1. The lowest BCUT2D eigenvalue weighted by atomic mass is 9.71. The van der Waals surface area contributed by atoms with Crippen molar-refractivity contribution in [2.75, 3.05) is 72.0 Å². The van der Waals surface area contributed by atoms with Gasteiger partial charge in [0.05, 0.1) is 23.2 Å². The SMILES string of the molecule is CC(C)(C)C(=O)N1CCCC(c2cccc(C(=O)N[C@@H](C(=O)N3CCC4(CCN(CC(=O)N5CCN(C(=O)C6(C)CC(Cc7n[nH]c(=O)c8ccccc78)=CC=C6F)CC5)CC4)CC3)C3CCCCC3)c2F)C1. The van der Waals surface area contributed by atoms with Crippen molar-refractivity contribution >= 4 is 40.3 Å². The number of piperazine rings is 1. The standard InChI is InChI=1S/C57H74F2N8O6/c1-55(2,3)53(72)67-25-11-14-40(36-67)41-17-10-18-44(48(41)59)50(69)60-49(39-12-6-5-7-13-39)52(71)65-28-23-57(24-29-65)21-26-63(27-22-57)37-47(68)64-30-32-66(33-31-64)54(73)56(4)35-38(19-20-46(56)58)34-45-42-15-8-9-16-43(42)51(70)62-61-45/h8-10,15-20,39-40,49H,5-7,11-14,21-37H2,1-4H3,(H,60,69)(H,62,70)/t40?,49-,56?/m1/s1. The zero-order chi connectivity index (χ0) is 51.7. The third-order valence-corrected chi connectivity index (χ3v) is 17.3. The van der Waals surface area contributed by atoms with Crippen LogP contribution in [0, 0.1) is 28.0 Å². The highest BCUT2D eigenvalue weighted by Gasteiger charge is 2.45. The van der Waals surface area contributed by atoms with E-state index in [-0.39, 0.29) is 65.0 Å². The van der Waals surface area contributed by atoms with Crippen molar-refractivity contribution in [1.82, 2.24) is 40.0 Å². The number of allylic oxidation sites excluding steroid dienone is 3. The molecule has 5 amide bonds. The number of piperidine rings is 3. The Morgan fingerprint density at radius 3 is 2.14 bits per heavy atom. The molecule has 2 aliphatic carbocycles. The first-order valence-corrected chi connectivity index (χ1v) is 26.9. The molecular weight excluding hydrogens is 931 g/mol. The number of H-pyrrole nitrogens is 1. The number of fused-ring (bicyclic) bond motifs is 1. The predicted molar refractivity (Wildman–Crippen MR) is 275 cm³/mol. The van der Waals surface area contributed by atoms with Gasteiger partial charge in [0.15, 0.2) is 0 Å². The van der Waals surface area contributed by atoms with E-state index in [4.69, 9.17) is 0 Å². The van der Waals surface area contributed by atoms with Crippen LogP contribution >= 0.6 is 0 Å². The number of rotatable bonds is 10. The van der Waals surface area contributed by atoms with Gasteiger partial charge < -0.3 is 24.9 Å². The summed E-state index contributed by atoms with van der Waals surface area (Å²) in [6.45, 7) is 12.7. The Morgan fingerprint density at radius 1 is 0.767 bits per heavy atom. The summed E-state index contributed by atoms with van der Waals surface area (Å²) in [5.41, 5.74) is -0.302. The van der Waals surface area contributed by atoms with Crippen LogP contribution in [0.3, 0.4) is 0 Å². The molecule has 5 heterocycles. The van der Waals surface area contributed by atoms with E-state index in [1.54, 1.807) is 47.1 Å². The van der Waals surface area contributed by atoms with Crippen LogP contribution in [0.1, 0.15) is 132 Å². The second kappa shape index (κ2) is 21.6. The molecule has 0 radical (unpaired) electrons. The number of carbonyl (C=O) groups excluding carboxylic acids is 5. The van der Waals surface area contributed by atoms with E-state index in [2.05, 4.69) is 20.4 Å². The van der Waals surface area contributed by atoms with E-state index in [0.717, 1.165) is 94.7 Å². The Hall–Kier alpha value is -5.77. The zero-order valence-electron chi connectivity index (χ0n) is 43.3. The van der Waals surface area contributed by atoms with Crippen molar-refractivity contribution in [3.8, 4) is 0 Å². The molecule has 3 atom stereocenters. The summed E-state index contributed by atoms with van der Waals surface area (Å²) in [5.74, 6) is -2.26. The molecule has 1 aromatic heterocycles. The molecule has 6 aliphatic rings. The van der Waals surface area contributed by atoms with Gasteiger partial charge in [0, 0.05) is 75.5 Å². The van der Waals surface area contributed by atoms with Gasteiger partial charge in [-0.1, -0.05) is 82.0 Å². The molecule has 5 fully saturated rings. The molecule has 4 saturated heterocycles. The summed E-state index contributed by atoms with van der Waals surface area (Å²) >= 11 is 0. The molecule has 14 nitrogen and oxygen atoms in total. The summed E-state index contributed by atoms with van der Waals surface area (Å²) in [6, 6.07) is 11.4. The van der Waals surface area contributed by atoms with E-state index in [1.165, 1.54) is 12.1 Å². The van der Waals surface area contributed by atoms with Crippen LogP contribution < -0.4 is 10.9 Å². The highest BCUT2D eigenvalue weighted by molar-refractivity contribution is 5.98. The first-order valence-electron chi connectivity index (χ1n) is 26.9. The lowest BCUT2D eigenvalue weighted by molar-refractivity contribution is -0.146. The number of aromatic nitrogens is 2. The van der Waals surface area contributed by atoms with Crippen LogP contribution in [0.2, 0.25) is 0 Å². The van der Waals surface area contributed by atoms with Crippen LogP contribution in [-0.4, -0.2) is 142 Å². The average Bonchev–Trinajstić information content (AvgIpc) is 3.40. The third kappa shape index (κ3) is 11.2. The molecule has 9 rings (SSSR count). The minimum absolute atomic E-state index is 0.0138. The fourth-order valence-electron chi connectivity index (χ4n) is 12.7. The van der Waals surface area contributed by atoms with Gasteiger partial charge in [0.2, 0.25) is 23.6 Å². The van der Waals surface area contributed by atoms with Gasteiger partial charge in [-0.25, -0.2) is 13.9 Å². The summed E-state index contributed by atoms with van der Waals surface area (Å²) in [5, 5.41) is 11.1. The number of hydrogen-bond donors (Lipinski definition) is 2. The second-order valence-corrected chi connectivity index (χ2v) is 23.2. The predicted octanol–water partition coefficient (Wildman–Crippen LogP) is 7.30. The monoisotopic (exact) mass is 1000 g/mol. The summed E-state index contributed by atoms with van der Waals surface area (Å²) in [7, 11) is 0. The maximum atomic E-state index is 16.4. The first-order chi connectivity index (χ1) is 34.9. The summed E-state index contributed by atoms with van der Waals surface area (Å²) in [4.78, 5) is 91.2. The normalized spacial score (nSPS) is 23.7. The highest BCUT2D eigenvalue weighted by atomic mass is 19.1. The molecule has 1 saturated carbocycles. The van der Waals surface area contributed by atoms with E-state index in [9.17, 15) is 28.8 Å². The number of likely N-dealkylation sites (tertiary alicyclic amines) is 3. The molecule has 2 N–H and O–H groups in total. The Bertz CT molecular complexity index is 2700. The van der Waals surface area contributed by atoms with Crippen LogP contribution in [0.15, 0.2) is 70.8 Å². The maximum absolute atomic E-state index is 16.4.